The highest BCUT2D eigenvalue weighted by Gasteiger charge is 2.38. The van der Waals surface area contributed by atoms with Gasteiger partial charge in [-0.1, -0.05) is 36.4 Å². The van der Waals surface area contributed by atoms with Gasteiger partial charge < -0.3 is 24.6 Å². The molecule has 3 atom stereocenters. The van der Waals surface area contributed by atoms with Crippen LogP contribution in [0, 0.1) is 11.8 Å². The number of allylic oxidation sites excluding steroid dienone is 1. The first-order chi connectivity index (χ1) is 20.1. The van der Waals surface area contributed by atoms with Crippen LogP contribution in [0.5, 0.6) is 0 Å². The molecule has 9 heteroatoms. The third-order valence-corrected chi connectivity index (χ3v) is 8.20. The number of benzene rings is 1. The van der Waals surface area contributed by atoms with Gasteiger partial charge in [0.05, 0.1) is 6.04 Å². The Bertz CT molecular complexity index is 1370. The summed E-state index contributed by atoms with van der Waals surface area (Å²) in [5.41, 5.74) is 3.81. The lowest BCUT2D eigenvalue weighted by Gasteiger charge is -2.39. The van der Waals surface area contributed by atoms with Gasteiger partial charge in [0.2, 0.25) is 5.91 Å². The van der Waals surface area contributed by atoms with Crippen molar-refractivity contribution < 1.29 is 19.1 Å². The molecule has 3 aliphatic rings. The summed E-state index contributed by atoms with van der Waals surface area (Å²) in [6.07, 6.45) is 9.03. The van der Waals surface area contributed by atoms with E-state index in [9.17, 15) is 14.4 Å². The van der Waals surface area contributed by atoms with Gasteiger partial charge in [-0.15, -0.1) is 0 Å². The molecule has 0 saturated carbocycles. The summed E-state index contributed by atoms with van der Waals surface area (Å²) in [7, 11) is 1.81. The standard InChI is InChI=1S/C33H41N5O4/c1-33(2,3)42-32(41)37-13-12-36(29(21-37)22-39)20-28-14-23(17-35-31(28)34-4)10-11-30(40)38-18-26-15-25(16-27(26)19-38)24-8-6-5-7-9-24/h5-11,14-15,17,22,26-27,29H,12-13,16,18-21H2,1-4H3,(H,34,35)/b11-10+. The summed E-state index contributed by atoms with van der Waals surface area (Å²) in [5.74, 6) is 1.60. The first kappa shape index (κ1) is 29.5. The zero-order chi connectivity index (χ0) is 29.9. The highest BCUT2D eigenvalue weighted by molar-refractivity contribution is 5.92. The van der Waals surface area contributed by atoms with Crippen molar-refractivity contribution in [3.05, 3.63) is 71.4 Å². The number of hydrogen-bond donors (Lipinski definition) is 1. The number of nitrogens with zero attached hydrogens (tertiary/aromatic N) is 4. The van der Waals surface area contributed by atoms with Crippen LogP contribution >= 0.6 is 0 Å². The molecule has 1 aromatic carbocycles. The quantitative estimate of drug-likeness (QED) is 0.391. The van der Waals surface area contributed by atoms with Gasteiger partial charge in [-0.05, 0) is 67.9 Å². The summed E-state index contributed by atoms with van der Waals surface area (Å²) >= 11 is 0. The number of rotatable bonds is 7. The van der Waals surface area contributed by atoms with E-state index in [1.807, 2.05) is 55.8 Å². The fourth-order valence-electron chi connectivity index (χ4n) is 6.08. The number of likely N-dealkylation sites (tertiary alicyclic amines) is 1. The number of piperazine rings is 1. The molecular formula is C33H41N5O4. The maximum atomic E-state index is 13.1. The predicted molar refractivity (Wildman–Crippen MR) is 163 cm³/mol. The third kappa shape index (κ3) is 6.90. The van der Waals surface area contributed by atoms with Crippen LogP contribution < -0.4 is 5.32 Å². The second-order valence-electron chi connectivity index (χ2n) is 12.4. The number of carbonyl (C=O) groups is 3. The number of ether oxygens (including phenoxy) is 1. The van der Waals surface area contributed by atoms with Crippen LogP contribution in [0.1, 0.15) is 43.9 Å². The van der Waals surface area contributed by atoms with Crippen molar-refractivity contribution in [2.45, 2.75) is 45.4 Å². The van der Waals surface area contributed by atoms with Gasteiger partial charge in [0, 0.05) is 64.2 Å². The Labute approximate surface area is 248 Å². The first-order valence-corrected chi connectivity index (χ1v) is 14.7. The molecule has 3 heterocycles. The molecule has 3 unspecified atom stereocenters. The molecule has 0 bridgehead atoms. The Kier molecular flexibility index (Phi) is 8.77. The van der Waals surface area contributed by atoms with E-state index in [0.29, 0.717) is 37.3 Å². The van der Waals surface area contributed by atoms with E-state index in [-0.39, 0.29) is 12.5 Å². The number of anilines is 1. The Balaban J connectivity index is 1.20. The molecule has 2 saturated heterocycles. The lowest BCUT2D eigenvalue weighted by Crippen LogP contribution is -2.55. The minimum Gasteiger partial charge on any atom is -0.444 e. The lowest BCUT2D eigenvalue weighted by molar-refractivity contribution is -0.125. The summed E-state index contributed by atoms with van der Waals surface area (Å²) in [6.45, 7) is 8.75. The number of hydrogen-bond acceptors (Lipinski definition) is 7. The maximum absolute atomic E-state index is 13.1. The summed E-state index contributed by atoms with van der Waals surface area (Å²) in [4.78, 5) is 47.8. The number of aldehydes is 1. The molecule has 2 aliphatic heterocycles. The molecule has 1 N–H and O–H groups in total. The second-order valence-corrected chi connectivity index (χ2v) is 12.4. The third-order valence-electron chi connectivity index (χ3n) is 8.20. The van der Waals surface area contributed by atoms with Crippen LogP contribution in [0.25, 0.3) is 11.6 Å². The van der Waals surface area contributed by atoms with Crippen LogP contribution in [-0.2, 0) is 20.9 Å². The minimum absolute atomic E-state index is 0.0117. The Morgan fingerprint density at radius 3 is 2.57 bits per heavy atom. The molecule has 9 nitrogen and oxygen atoms in total. The van der Waals surface area contributed by atoms with Crippen LogP contribution in [-0.4, -0.2) is 89.4 Å². The van der Waals surface area contributed by atoms with Gasteiger partial charge >= 0.3 is 6.09 Å². The second kappa shape index (κ2) is 12.5. The van der Waals surface area contributed by atoms with Crippen LogP contribution in [0.3, 0.4) is 0 Å². The average Bonchev–Trinajstić information content (AvgIpc) is 3.56. The topological polar surface area (TPSA) is 95.1 Å². The molecular weight excluding hydrogens is 530 g/mol. The van der Waals surface area contributed by atoms with Crippen molar-refractivity contribution in [2.75, 3.05) is 45.1 Å². The first-order valence-electron chi connectivity index (χ1n) is 14.7. The van der Waals surface area contributed by atoms with E-state index in [2.05, 4.69) is 40.6 Å². The number of carbonyl (C=O) groups excluding carboxylic acids is 3. The Morgan fingerprint density at radius 2 is 1.88 bits per heavy atom. The molecule has 0 radical (unpaired) electrons. The van der Waals surface area contributed by atoms with E-state index in [1.54, 1.807) is 17.2 Å². The zero-order valence-corrected chi connectivity index (χ0v) is 25.0. The van der Waals surface area contributed by atoms with Crippen molar-refractivity contribution in [1.29, 1.82) is 0 Å². The number of fused-ring (bicyclic) bond motifs is 1. The monoisotopic (exact) mass is 571 g/mol. The van der Waals surface area contributed by atoms with E-state index in [4.69, 9.17) is 4.74 Å². The van der Waals surface area contributed by atoms with Crippen LogP contribution in [0.2, 0.25) is 0 Å². The number of pyridine rings is 1. The van der Waals surface area contributed by atoms with Crippen molar-refractivity contribution in [2.24, 2.45) is 11.8 Å². The van der Waals surface area contributed by atoms with Gasteiger partial charge in [-0.2, -0.15) is 0 Å². The smallest absolute Gasteiger partial charge is 0.410 e. The highest BCUT2D eigenvalue weighted by atomic mass is 16.6. The van der Waals surface area contributed by atoms with Gasteiger partial charge in [0.25, 0.3) is 0 Å². The molecule has 2 aromatic rings. The van der Waals surface area contributed by atoms with Crippen LogP contribution in [0.15, 0.2) is 54.7 Å². The Hall–Kier alpha value is -3.98. The van der Waals surface area contributed by atoms with Crippen LogP contribution in [0.4, 0.5) is 10.6 Å². The number of amides is 2. The minimum atomic E-state index is -0.593. The largest absolute Gasteiger partial charge is 0.444 e. The SMILES string of the molecule is CNc1ncc(/C=C/C(=O)N2CC3C=C(c4ccccc4)CC3C2)cc1CN1CCN(C(=O)OC(C)(C)C)CC1C=O. The van der Waals surface area contributed by atoms with Gasteiger partial charge in [0.1, 0.15) is 17.7 Å². The summed E-state index contributed by atoms with van der Waals surface area (Å²) < 4.78 is 5.49. The lowest BCUT2D eigenvalue weighted by atomic mass is 9.98. The van der Waals surface area contributed by atoms with Gasteiger partial charge in [-0.25, -0.2) is 9.78 Å². The van der Waals surface area contributed by atoms with Crippen molar-refractivity contribution in [1.82, 2.24) is 19.7 Å². The van der Waals surface area contributed by atoms with Crippen molar-refractivity contribution >= 4 is 35.8 Å². The summed E-state index contributed by atoms with van der Waals surface area (Å²) in [6, 6.07) is 12.0. The van der Waals surface area contributed by atoms with Crippen molar-refractivity contribution in [3.63, 3.8) is 0 Å². The molecule has 42 heavy (non-hydrogen) atoms. The molecule has 5 rings (SSSR count). The fraction of sp³-hybridized carbons (Fsp3) is 0.455. The number of nitrogens with one attached hydrogen (secondary N) is 1. The molecule has 0 spiro atoms. The molecule has 222 valence electrons. The zero-order valence-electron chi connectivity index (χ0n) is 25.0. The van der Waals surface area contributed by atoms with E-state index in [0.717, 1.165) is 36.9 Å². The molecule has 2 amide bonds. The molecule has 1 aliphatic carbocycles. The highest BCUT2D eigenvalue weighted by Crippen LogP contribution is 2.41. The average molecular weight is 572 g/mol. The maximum Gasteiger partial charge on any atom is 0.410 e. The molecule has 2 fully saturated rings. The molecule has 1 aromatic heterocycles. The van der Waals surface area contributed by atoms with Crippen molar-refractivity contribution in [3.8, 4) is 0 Å². The van der Waals surface area contributed by atoms with E-state index in [1.165, 1.54) is 11.1 Å². The summed E-state index contributed by atoms with van der Waals surface area (Å²) in [5, 5.41) is 3.13. The predicted octanol–water partition coefficient (Wildman–Crippen LogP) is 4.32. The Morgan fingerprint density at radius 1 is 1.10 bits per heavy atom. The van der Waals surface area contributed by atoms with E-state index < -0.39 is 17.7 Å². The van der Waals surface area contributed by atoms with Gasteiger partial charge in [-0.3, -0.25) is 9.69 Å². The fourth-order valence-corrected chi connectivity index (χ4v) is 6.08. The number of aromatic nitrogens is 1. The van der Waals surface area contributed by atoms with Gasteiger partial charge in [0.15, 0.2) is 0 Å². The normalized spacial score (nSPS) is 22.7. The van der Waals surface area contributed by atoms with E-state index >= 15 is 0 Å².